The Morgan fingerprint density at radius 1 is 1.31 bits per heavy atom. The number of nitrogens with zero attached hydrogens (tertiary/aromatic N) is 2. The average molecular weight is 402 g/mol. The number of hydrogen-bond donors (Lipinski definition) is 0. The van der Waals surface area contributed by atoms with E-state index >= 15 is 0 Å². The molecule has 0 saturated carbocycles. The van der Waals surface area contributed by atoms with Gasteiger partial charge < -0.3 is 18.8 Å². The maximum Gasteiger partial charge on any atom is 0.313 e. The van der Waals surface area contributed by atoms with Crippen LogP contribution < -0.4 is 0 Å². The topological polar surface area (TPSA) is 73.5 Å². The molecule has 29 heavy (non-hydrogen) atoms. The molecule has 2 aromatic rings. The number of carbonyl (C=O) groups excluding carboxylic acids is 1. The molecule has 0 saturated heterocycles. The maximum absolute atomic E-state index is 13.8. The molecule has 6 nitrogen and oxygen atoms in total. The number of ether oxygens (including phenoxy) is 3. The lowest BCUT2D eigenvalue weighted by Crippen LogP contribution is -2.09. The van der Waals surface area contributed by atoms with Crippen molar-refractivity contribution >= 4 is 22.6 Å². The van der Waals surface area contributed by atoms with Crippen LogP contribution in [0.25, 0.3) is 16.6 Å². The Hall–Kier alpha value is -3.44. The summed E-state index contributed by atoms with van der Waals surface area (Å²) >= 11 is 0. The van der Waals surface area contributed by atoms with Crippen molar-refractivity contribution in [3.8, 4) is 6.07 Å². The van der Waals surface area contributed by atoms with Crippen LogP contribution in [-0.4, -0.2) is 31.0 Å². The minimum atomic E-state index is -1.05. The van der Waals surface area contributed by atoms with E-state index in [-0.39, 0.29) is 42.0 Å². The molecule has 1 heterocycles. The van der Waals surface area contributed by atoms with Gasteiger partial charge in [-0.1, -0.05) is 12.7 Å². The number of nitriles is 1. The molecule has 2 rings (SSSR count). The lowest BCUT2D eigenvalue weighted by Gasteiger charge is -2.12. The molecule has 0 fully saturated rings. The van der Waals surface area contributed by atoms with Gasteiger partial charge in [-0.2, -0.15) is 5.26 Å². The van der Waals surface area contributed by atoms with Crippen molar-refractivity contribution in [3.63, 3.8) is 0 Å². The Morgan fingerprint density at radius 3 is 2.66 bits per heavy atom. The zero-order valence-corrected chi connectivity index (χ0v) is 16.1. The van der Waals surface area contributed by atoms with E-state index in [4.69, 9.17) is 14.2 Å². The lowest BCUT2D eigenvalue weighted by atomic mass is 10.2. The molecule has 152 valence electrons. The Balaban J connectivity index is 2.60. The van der Waals surface area contributed by atoms with Gasteiger partial charge in [0.2, 0.25) is 0 Å². The van der Waals surface area contributed by atoms with Gasteiger partial charge in [-0.25, -0.2) is 8.78 Å². The van der Waals surface area contributed by atoms with Crippen LogP contribution in [-0.2, 0) is 19.0 Å². The summed E-state index contributed by atoms with van der Waals surface area (Å²) in [6, 6.07) is 3.93. The third-order valence-electron chi connectivity index (χ3n) is 3.83. The van der Waals surface area contributed by atoms with Gasteiger partial charge in [-0.15, -0.1) is 0 Å². The van der Waals surface area contributed by atoms with Gasteiger partial charge in [0.25, 0.3) is 0 Å². The number of esters is 1. The number of methoxy groups -OCH3 is 1. The molecule has 0 bridgehead atoms. The monoisotopic (exact) mass is 402 g/mol. The van der Waals surface area contributed by atoms with Crippen molar-refractivity contribution < 1.29 is 27.8 Å². The van der Waals surface area contributed by atoms with Crippen molar-refractivity contribution in [2.75, 3.05) is 20.5 Å². The highest BCUT2D eigenvalue weighted by Gasteiger charge is 2.16. The van der Waals surface area contributed by atoms with E-state index in [9.17, 15) is 18.8 Å². The van der Waals surface area contributed by atoms with Crippen molar-refractivity contribution in [3.05, 3.63) is 66.1 Å². The van der Waals surface area contributed by atoms with Crippen LogP contribution in [0.3, 0.4) is 0 Å². The summed E-state index contributed by atoms with van der Waals surface area (Å²) in [5.41, 5.74) is 0.840. The zero-order chi connectivity index (χ0) is 21.4. The number of allylic oxidation sites excluding steroid dienone is 4. The molecule has 0 radical (unpaired) electrons. The van der Waals surface area contributed by atoms with E-state index in [2.05, 4.69) is 6.58 Å². The van der Waals surface area contributed by atoms with Crippen LogP contribution in [0.4, 0.5) is 8.78 Å². The van der Waals surface area contributed by atoms with Crippen LogP contribution in [0.2, 0.25) is 0 Å². The second kappa shape index (κ2) is 10.2. The SMILES string of the molecule is C=C/C=C(\C=C(/CC(=O)OCC)OCOC)n1cc(C#N)c2cc(F)c(F)cc21. The number of fused-ring (bicyclic) bond motifs is 1. The maximum atomic E-state index is 13.8. The highest BCUT2D eigenvalue weighted by atomic mass is 19.2. The lowest BCUT2D eigenvalue weighted by molar-refractivity contribution is -0.143. The molecule has 0 amide bonds. The number of hydrogen-bond acceptors (Lipinski definition) is 5. The molecule has 1 aromatic carbocycles. The number of benzene rings is 1. The molecule has 0 unspecified atom stereocenters. The molecule has 0 atom stereocenters. The van der Waals surface area contributed by atoms with Crippen molar-refractivity contribution in [1.29, 1.82) is 5.26 Å². The third kappa shape index (κ3) is 5.30. The third-order valence-corrected chi connectivity index (χ3v) is 3.83. The van der Waals surface area contributed by atoms with E-state index in [0.717, 1.165) is 12.1 Å². The molecular weight excluding hydrogens is 382 g/mol. The van der Waals surface area contributed by atoms with Gasteiger partial charge in [0.15, 0.2) is 18.4 Å². The van der Waals surface area contributed by atoms with E-state index in [1.165, 1.54) is 30.0 Å². The van der Waals surface area contributed by atoms with Crippen LogP contribution in [0, 0.1) is 23.0 Å². The smallest absolute Gasteiger partial charge is 0.313 e. The van der Waals surface area contributed by atoms with Crippen LogP contribution in [0.15, 0.2) is 48.9 Å². The highest BCUT2D eigenvalue weighted by molar-refractivity contribution is 5.90. The quantitative estimate of drug-likeness (QED) is 0.271. The number of aromatic nitrogens is 1. The van der Waals surface area contributed by atoms with Gasteiger partial charge >= 0.3 is 5.97 Å². The Bertz CT molecular complexity index is 1020. The summed E-state index contributed by atoms with van der Waals surface area (Å²) in [5.74, 6) is -2.38. The first-order valence-corrected chi connectivity index (χ1v) is 8.66. The molecular formula is C21H20F2N2O4. The van der Waals surface area contributed by atoms with Gasteiger partial charge in [-0.05, 0) is 19.1 Å². The van der Waals surface area contributed by atoms with Gasteiger partial charge in [0, 0.05) is 36.5 Å². The fourth-order valence-electron chi connectivity index (χ4n) is 2.64. The first-order valence-electron chi connectivity index (χ1n) is 8.66. The van der Waals surface area contributed by atoms with E-state index in [1.54, 1.807) is 13.0 Å². The molecule has 0 N–H and O–H groups in total. The van der Waals surface area contributed by atoms with Crippen LogP contribution in [0.5, 0.6) is 0 Å². The summed E-state index contributed by atoms with van der Waals surface area (Å²) in [7, 11) is 1.43. The number of rotatable bonds is 9. The molecule has 0 spiro atoms. The second-order valence-corrected chi connectivity index (χ2v) is 5.78. The van der Waals surface area contributed by atoms with Crippen LogP contribution in [0.1, 0.15) is 18.9 Å². The van der Waals surface area contributed by atoms with Gasteiger partial charge in [0.1, 0.15) is 18.2 Å². The predicted molar refractivity (Wildman–Crippen MR) is 103 cm³/mol. The second-order valence-electron chi connectivity index (χ2n) is 5.78. The fourth-order valence-corrected chi connectivity index (χ4v) is 2.64. The molecule has 8 heteroatoms. The summed E-state index contributed by atoms with van der Waals surface area (Å²) in [6.45, 7) is 5.44. The molecule has 0 aliphatic carbocycles. The van der Waals surface area contributed by atoms with Crippen molar-refractivity contribution in [2.45, 2.75) is 13.3 Å². The first kappa shape index (κ1) is 21.9. The summed E-state index contributed by atoms with van der Waals surface area (Å²) in [4.78, 5) is 11.9. The normalized spacial score (nSPS) is 12.0. The largest absolute Gasteiger partial charge is 0.471 e. The standard InChI is InChI=1S/C21H20F2N2O4/c1-4-6-15(7-16(29-13-27-3)8-21(26)28-5-2)25-12-14(11-24)17-9-18(22)19(23)10-20(17)25/h4,6-7,9-10,12H,1,5,8,13H2,2-3H3/b15-6+,16-7+. The van der Waals surface area contributed by atoms with E-state index < -0.39 is 17.6 Å². The van der Waals surface area contributed by atoms with Gasteiger partial charge in [-0.3, -0.25) is 4.79 Å². The number of carbonyl (C=O) groups is 1. The number of halogens is 2. The highest BCUT2D eigenvalue weighted by Crippen LogP contribution is 2.28. The summed E-state index contributed by atoms with van der Waals surface area (Å²) < 4.78 is 44.3. The zero-order valence-electron chi connectivity index (χ0n) is 16.1. The Kier molecular flexibility index (Phi) is 7.69. The first-order chi connectivity index (χ1) is 13.9. The van der Waals surface area contributed by atoms with Crippen molar-refractivity contribution in [1.82, 2.24) is 4.57 Å². The van der Waals surface area contributed by atoms with Gasteiger partial charge in [0.05, 0.1) is 17.7 Å². The molecule has 0 aliphatic rings. The minimum Gasteiger partial charge on any atom is -0.471 e. The van der Waals surface area contributed by atoms with E-state index in [1.807, 2.05) is 6.07 Å². The Morgan fingerprint density at radius 2 is 2.03 bits per heavy atom. The van der Waals surface area contributed by atoms with E-state index in [0.29, 0.717) is 5.70 Å². The summed E-state index contributed by atoms with van der Waals surface area (Å²) in [6.07, 6.45) is 5.83. The summed E-state index contributed by atoms with van der Waals surface area (Å²) in [5, 5.41) is 9.61. The average Bonchev–Trinajstić information content (AvgIpc) is 3.03. The molecule has 1 aromatic heterocycles. The van der Waals surface area contributed by atoms with Crippen molar-refractivity contribution in [2.24, 2.45) is 0 Å². The van der Waals surface area contributed by atoms with Crippen LogP contribution >= 0.6 is 0 Å². The predicted octanol–water partition coefficient (Wildman–Crippen LogP) is 4.28. The Labute approximate surface area is 166 Å². The molecule has 0 aliphatic heterocycles. The fraction of sp³-hybridized carbons (Fsp3) is 0.238. The minimum absolute atomic E-state index is 0.109.